The van der Waals surface area contributed by atoms with E-state index in [1.807, 2.05) is 36.4 Å². The third kappa shape index (κ3) is 4.83. The number of nitrogens with one attached hydrogen (secondary N) is 1. The molecule has 6 nitrogen and oxygen atoms in total. The number of hydrogen-bond acceptors (Lipinski definition) is 5. The van der Waals surface area contributed by atoms with Crippen LogP contribution in [0.25, 0.3) is 12.2 Å². The maximum atomic E-state index is 12.3. The van der Waals surface area contributed by atoms with Crippen molar-refractivity contribution in [2.24, 2.45) is 0 Å². The van der Waals surface area contributed by atoms with Crippen LogP contribution >= 0.6 is 11.3 Å². The van der Waals surface area contributed by atoms with Gasteiger partial charge in [-0.1, -0.05) is 50.3 Å². The fourth-order valence-corrected chi connectivity index (χ4v) is 2.94. The molecular formula is C20H22N4O2S. The third-order valence-corrected chi connectivity index (χ3v) is 4.72. The molecule has 0 unspecified atom stereocenters. The first-order valence-electron chi connectivity index (χ1n) is 8.53. The Morgan fingerprint density at radius 3 is 2.56 bits per heavy atom. The molecule has 2 aromatic heterocycles. The van der Waals surface area contributed by atoms with Crippen LogP contribution in [0.5, 0.6) is 0 Å². The quantitative estimate of drug-likeness (QED) is 0.667. The maximum absolute atomic E-state index is 12.3. The van der Waals surface area contributed by atoms with Crippen LogP contribution in [0.15, 0.2) is 47.1 Å². The second kappa shape index (κ2) is 7.75. The lowest BCUT2D eigenvalue weighted by molar-refractivity contribution is 0.258. The molecule has 0 saturated carbocycles. The molecule has 1 aromatic carbocycles. The van der Waals surface area contributed by atoms with Crippen LogP contribution in [-0.2, 0) is 5.41 Å². The van der Waals surface area contributed by atoms with Crippen molar-refractivity contribution in [3.05, 3.63) is 59.3 Å². The number of hydrogen-bond donors (Lipinski definition) is 1. The van der Waals surface area contributed by atoms with Crippen molar-refractivity contribution in [1.82, 2.24) is 9.97 Å². The molecule has 2 amide bonds. The number of urea groups is 1. The lowest BCUT2D eigenvalue weighted by atomic mass is 9.94. The average Bonchev–Trinajstić information content (AvgIpc) is 3.29. The standard InChI is InChI=1S/C20H22N4O2S/c1-20(2,3)16-13-21-17(26-16)11-10-15-12-22-18(27-15)23-19(25)24(4)14-8-6-5-7-9-14/h5-13H,1-4H3,(H,22,23,25)/b11-10+. The molecule has 0 aliphatic heterocycles. The van der Waals surface area contributed by atoms with Gasteiger partial charge >= 0.3 is 6.03 Å². The lowest BCUT2D eigenvalue weighted by Gasteiger charge is -2.16. The molecule has 0 radical (unpaired) electrons. The molecule has 3 aromatic rings. The summed E-state index contributed by atoms with van der Waals surface area (Å²) in [5, 5.41) is 3.34. The number of aromatic nitrogens is 2. The molecular weight excluding hydrogens is 360 g/mol. The molecule has 0 fully saturated rings. The van der Waals surface area contributed by atoms with Crippen molar-refractivity contribution in [2.75, 3.05) is 17.3 Å². The van der Waals surface area contributed by atoms with Crippen molar-refractivity contribution < 1.29 is 9.21 Å². The van der Waals surface area contributed by atoms with Crippen molar-refractivity contribution in [2.45, 2.75) is 26.2 Å². The summed E-state index contributed by atoms with van der Waals surface area (Å²) >= 11 is 1.38. The van der Waals surface area contributed by atoms with Gasteiger partial charge in [0.15, 0.2) is 5.13 Å². The Hall–Kier alpha value is -2.93. The highest BCUT2D eigenvalue weighted by Gasteiger charge is 2.18. The molecule has 0 aliphatic carbocycles. The molecule has 0 aliphatic rings. The fraction of sp³-hybridized carbons (Fsp3) is 0.250. The van der Waals surface area contributed by atoms with E-state index < -0.39 is 0 Å². The summed E-state index contributed by atoms with van der Waals surface area (Å²) in [6, 6.07) is 9.19. The smallest absolute Gasteiger partial charge is 0.327 e. The molecule has 1 N–H and O–H groups in total. The van der Waals surface area contributed by atoms with Gasteiger partial charge in [0.25, 0.3) is 0 Å². The Morgan fingerprint density at radius 1 is 1.15 bits per heavy atom. The third-order valence-electron chi connectivity index (χ3n) is 3.84. The van der Waals surface area contributed by atoms with Gasteiger partial charge in [-0.3, -0.25) is 10.2 Å². The van der Waals surface area contributed by atoms with Gasteiger partial charge in [0.1, 0.15) is 5.76 Å². The molecule has 0 saturated heterocycles. The summed E-state index contributed by atoms with van der Waals surface area (Å²) in [6.07, 6.45) is 7.11. The van der Waals surface area contributed by atoms with Gasteiger partial charge in [-0.25, -0.2) is 14.8 Å². The van der Waals surface area contributed by atoms with E-state index in [2.05, 4.69) is 36.1 Å². The molecule has 0 atom stereocenters. The van der Waals surface area contributed by atoms with Gasteiger partial charge in [-0.15, -0.1) is 0 Å². The van der Waals surface area contributed by atoms with E-state index in [4.69, 9.17) is 4.42 Å². The van der Waals surface area contributed by atoms with Crippen LogP contribution in [0.1, 0.15) is 37.3 Å². The summed E-state index contributed by atoms with van der Waals surface area (Å²) in [5.41, 5.74) is 0.733. The van der Waals surface area contributed by atoms with E-state index in [1.54, 1.807) is 25.5 Å². The summed E-state index contributed by atoms with van der Waals surface area (Å²) in [7, 11) is 1.72. The van der Waals surface area contributed by atoms with Crippen LogP contribution in [0.3, 0.4) is 0 Å². The van der Waals surface area contributed by atoms with Crippen LogP contribution < -0.4 is 10.2 Å². The van der Waals surface area contributed by atoms with E-state index in [1.165, 1.54) is 16.2 Å². The first kappa shape index (κ1) is 18.8. The van der Waals surface area contributed by atoms with Crippen molar-refractivity contribution in [1.29, 1.82) is 0 Å². The minimum Gasteiger partial charge on any atom is -0.441 e. The number of oxazole rings is 1. The van der Waals surface area contributed by atoms with Gasteiger partial charge in [-0.2, -0.15) is 0 Å². The lowest BCUT2D eigenvalue weighted by Crippen LogP contribution is -2.30. The number of amides is 2. The zero-order valence-corrected chi connectivity index (χ0v) is 16.6. The highest BCUT2D eigenvalue weighted by atomic mass is 32.1. The summed E-state index contributed by atoms with van der Waals surface area (Å²) in [6.45, 7) is 6.23. The second-order valence-electron chi connectivity index (χ2n) is 7.04. The van der Waals surface area contributed by atoms with Crippen LogP contribution in [0.4, 0.5) is 15.6 Å². The number of para-hydroxylation sites is 1. The van der Waals surface area contributed by atoms with E-state index in [0.717, 1.165) is 16.3 Å². The van der Waals surface area contributed by atoms with Gasteiger partial charge < -0.3 is 4.42 Å². The molecule has 7 heteroatoms. The number of anilines is 2. The largest absolute Gasteiger partial charge is 0.441 e. The minimum atomic E-state index is -0.242. The number of rotatable bonds is 4. The summed E-state index contributed by atoms with van der Waals surface area (Å²) < 4.78 is 5.73. The van der Waals surface area contributed by atoms with E-state index in [9.17, 15) is 4.79 Å². The molecule has 3 rings (SSSR count). The van der Waals surface area contributed by atoms with Gasteiger partial charge in [0, 0.05) is 35.3 Å². The maximum Gasteiger partial charge on any atom is 0.327 e. The molecule has 2 heterocycles. The Balaban J connectivity index is 1.63. The Morgan fingerprint density at radius 2 is 1.89 bits per heavy atom. The number of nitrogens with zero attached hydrogens (tertiary/aromatic N) is 3. The average molecular weight is 382 g/mol. The number of thiazole rings is 1. The van der Waals surface area contributed by atoms with Crippen molar-refractivity contribution in [3.8, 4) is 0 Å². The Labute approximate surface area is 162 Å². The molecule has 27 heavy (non-hydrogen) atoms. The zero-order chi connectivity index (χ0) is 19.4. The highest BCUT2D eigenvalue weighted by molar-refractivity contribution is 7.16. The summed E-state index contributed by atoms with van der Waals surface area (Å²) in [4.78, 5) is 23.3. The first-order chi connectivity index (χ1) is 12.8. The zero-order valence-electron chi connectivity index (χ0n) is 15.8. The normalized spacial score (nSPS) is 11.7. The predicted octanol–water partition coefficient (Wildman–Crippen LogP) is 5.27. The van der Waals surface area contributed by atoms with Gasteiger partial charge in [-0.05, 0) is 18.2 Å². The van der Waals surface area contributed by atoms with E-state index >= 15 is 0 Å². The number of carbonyl (C=O) groups excluding carboxylic acids is 1. The first-order valence-corrected chi connectivity index (χ1v) is 9.34. The number of benzene rings is 1. The van der Waals surface area contributed by atoms with Crippen molar-refractivity contribution in [3.63, 3.8) is 0 Å². The molecule has 0 spiro atoms. The molecule has 0 bridgehead atoms. The topological polar surface area (TPSA) is 71.3 Å². The monoisotopic (exact) mass is 382 g/mol. The van der Waals surface area contributed by atoms with Crippen molar-refractivity contribution >= 4 is 40.3 Å². The minimum absolute atomic E-state index is 0.0776. The fourth-order valence-electron chi connectivity index (χ4n) is 2.23. The van der Waals surface area contributed by atoms with E-state index in [0.29, 0.717) is 11.0 Å². The van der Waals surface area contributed by atoms with Crippen LogP contribution in [-0.4, -0.2) is 23.0 Å². The molecule has 140 valence electrons. The Bertz CT molecular complexity index is 938. The van der Waals surface area contributed by atoms with E-state index in [-0.39, 0.29) is 11.4 Å². The second-order valence-corrected chi connectivity index (χ2v) is 8.10. The van der Waals surface area contributed by atoms with Crippen LogP contribution in [0, 0.1) is 0 Å². The number of carbonyl (C=O) groups is 1. The van der Waals surface area contributed by atoms with Gasteiger partial charge in [0.2, 0.25) is 5.89 Å². The predicted molar refractivity (Wildman–Crippen MR) is 110 cm³/mol. The highest BCUT2D eigenvalue weighted by Crippen LogP contribution is 2.25. The Kier molecular flexibility index (Phi) is 5.41. The summed E-state index contributed by atoms with van der Waals surface area (Å²) in [5.74, 6) is 1.38. The SMILES string of the molecule is CN(C(=O)Nc1ncc(/C=C/c2ncc(C(C)(C)C)o2)s1)c1ccccc1. The van der Waals surface area contributed by atoms with Crippen LogP contribution in [0.2, 0.25) is 0 Å². The van der Waals surface area contributed by atoms with Gasteiger partial charge in [0.05, 0.1) is 6.20 Å².